The number of aryl methyl sites for hydroxylation is 2. The molecule has 9 nitrogen and oxygen atoms in total. The Hall–Kier alpha value is -3.88. The molecule has 1 atom stereocenters. The summed E-state index contributed by atoms with van der Waals surface area (Å²) in [7, 11) is 3.25. The lowest BCUT2D eigenvalue weighted by Gasteiger charge is -2.35. The molecule has 4 aromatic rings. The van der Waals surface area contributed by atoms with Crippen molar-refractivity contribution in [3.05, 3.63) is 59.7 Å². The second-order valence-corrected chi connectivity index (χ2v) is 9.05. The van der Waals surface area contributed by atoms with Gasteiger partial charge in [0.2, 0.25) is 0 Å². The molecule has 0 N–H and O–H groups in total. The van der Waals surface area contributed by atoms with Crippen molar-refractivity contribution in [2.24, 2.45) is 0 Å². The van der Waals surface area contributed by atoms with Gasteiger partial charge in [-0.05, 0) is 45.7 Å². The number of carbonyl (C=O) groups excluding carboxylic acids is 1. The molecular formula is C26H30N6O3. The molecule has 2 aromatic heterocycles. The maximum absolute atomic E-state index is 14.1. The number of aromatic nitrogens is 5. The van der Waals surface area contributed by atoms with Gasteiger partial charge in [0.25, 0.3) is 5.91 Å². The molecule has 2 aromatic carbocycles. The summed E-state index contributed by atoms with van der Waals surface area (Å²) in [6.07, 6.45) is 4.93. The van der Waals surface area contributed by atoms with Gasteiger partial charge >= 0.3 is 0 Å². The van der Waals surface area contributed by atoms with Crippen LogP contribution >= 0.6 is 0 Å². The average molecular weight is 475 g/mol. The van der Waals surface area contributed by atoms with Gasteiger partial charge < -0.3 is 18.9 Å². The van der Waals surface area contributed by atoms with Crippen LogP contribution in [0.1, 0.15) is 48.4 Å². The van der Waals surface area contributed by atoms with Gasteiger partial charge in [0.05, 0.1) is 54.4 Å². The Morgan fingerprint density at radius 2 is 1.80 bits per heavy atom. The fourth-order valence-corrected chi connectivity index (χ4v) is 5.19. The van der Waals surface area contributed by atoms with Crippen LogP contribution in [-0.4, -0.2) is 56.1 Å². The van der Waals surface area contributed by atoms with E-state index in [1.54, 1.807) is 26.6 Å². The van der Waals surface area contributed by atoms with Crippen molar-refractivity contribution in [2.75, 3.05) is 20.8 Å². The lowest BCUT2D eigenvalue weighted by molar-refractivity contribution is 0.0598. The normalized spacial score (nSPS) is 17.8. The number of ether oxygens (including phenoxy) is 2. The fourth-order valence-electron chi connectivity index (χ4n) is 5.19. The number of methoxy groups -OCH3 is 2. The van der Waals surface area contributed by atoms with Crippen LogP contribution in [0, 0.1) is 6.92 Å². The molecule has 0 aliphatic carbocycles. The molecule has 1 aliphatic rings. The number of imidazole rings is 1. The summed E-state index contributed by atoms with van der Waals surface area (Å²) in [5.74, 6) is 2.10. The van der Waals surface area contributed by atoms with Gasteiger partial charge in [-0.25, -0.2) is 4.98 Å². The summed E-state index contributed by atoms with van der Waals surface area (Å²) in [4.78, 5) is 22.6. The molecule has 0 radical (unpaired) electrons. The zero-order chi connectivity index (χ0) is 24.7. The van der Waals surface area contributed by atoms with Crippen molar-refractivity contribution in [3.63, 3.8) is 0 Å². The third kappa shape index (κ3) is 3.62. The first kappa shape index (κ1) is 22.9. The summed E-state index contributed by atoms with van der Waals surface area (Å²) in [6.45, 7) is 7.55. The van der Waals surface area contributed by atoms with E-state index < -0.39 is 5.54 Å². The van der Waals surface area contributed by atoms with Crippen LogP contribution in [0.25, 0.3) is 16.7 Å². The Morgan fingerprint density at radius 1 is 1.09 bits per heavy atom. The summed E-state index contributed by atoms with van der Waals surface area (Å²) in [5, 5.41) is 8.53. The molecule has 0 saturated carbocycles. The Labute approximate surface area is 204 Å². The highest BCUT2D eigenvalue weighted by molar-refractivity contribution is 5.98. The van der Waals surface area contributed by atoms with Gasteiger partial charge in [-0.2, -0.15) is 15.0 Å². The monoisotopic (exact) mass is 474 g/mol. The predicted molar refractivity (Wildman–Crippen MR) is 132 cm³/mol. The number of benzene rings is 2. The third-order valence-electron chi connectivity index (χ3n) is 6.95. The lowest BCUT2D eigenvalue weighted by Crippen LogP contribution is -2.45. The topological polar surface area (TPSA) is 87.3 Å². The molecule has 9 heteroatoms. The molecule has 35 heavy (non-hydrogen) atoms. The summed E-state index contributed by atoms with van der Waals surface area (Å²) >= 11 is 0. The minimum atomic E-state index is -0.578. The highest BCUT2D eigenvalue weighted by Gasteiger charge is 2.45. The van der Waals surface area contributed by atoms with Gasteiger partial charge in [0.15, 0.2) is 11.5 Å². The van der Waals surface area contributed by atoms with Crippen LogP contribution < -0.4 is 9.47 Å². The van der Waals surface area contributed by atoms with Crippen LogP contribution in [0.4, 0.5) is 0 Å². The van der Waals surface area contributed by atoms with Crippen molar-refractivity contribution < 1.29 is 14.3 Å². The van der Waals surface area contributed by atoms with E-state index in [2.05, 4.69) is 28.6 Å². The molecule has 1 amide bonds. The molecular weight excluding hydrogens is 444 g/mol. The van der Waals surface area contributed by atoms with Crippen LogP contribution in [0.15, 0.2) is 42.7 Å². The predicted octanol–water partition coefficient (Wildman–Crippen LogP) is 4.11. The third-order valence-corrected chi connectivity index (χ3v) is 6.95. The standard InChI is InChI=1S/C26H30N6O3/c1-6-30-21-16-23(35-5)22(34-4)15-19(21)29-25(30)26(3)10-7-13-31(26)24(33)18-14-17(2)8-9-20(18)32-27-11-12-28-32/h8-9,11-12,14-16H,6-7,10,13H2,1-5H3/t26-/m0/s1. The smallest absolute Gasteiger partial charge is 0.256 e. The Kier molecular flexibility index (Phi) is 5.70. The number of hydrogen-bond donors (Lipinski definition) is 0. The minimum Gasteiger partial charge on any atom is -0.493 e. The molecule has 0 spiro atoms. The van der Waals surface area contributed by atoms with Gasteiger partial charge in [-0.3, -0.25) is 4.79 Å². The summed E-state index contributed by atoms with van der Waals surface area (Å²) < 4.78 is 13.2. The van der Waals surface area contributed by atoms with E-state index in [1.165, 1.54) is 4.80 Å². The van der Waals surface area contributed by atoms with Crippen LogP contribution in [0.3, 0.4) is 0 Å². The molecule has 182 valence electrons. The second kappa shape index (κ2) is 8.72. The highest BCUT2D eigenvalue weighted by atomic mass is 16.5. The zero-order valence-electron chi connectivity index (χ0n) is 20.8. The zero-order valence-corrected chi connectivity index (χ0v) is 20.8. The summed E-state index contributed by atoms with van der Waals surface area (Å²) in [6, 6.07) is 9.64. The number of rotatable bonds is 6. The van der Waals surface area contributed by atoms with E-state index in [-0.39, 0.29) is 5.91 Å². The molecule has 1 saturated heterocycles. The van der Waals surface area contributed by atoms with Crippen LogP contribution in [-0.2, 0) is 12.1 Å². The van der Waals surface area contributed by atoms with Crippen molar-refractivity contribution in [1.29, 1.82) is 0 Å². The van der Waals surface area contributed by atoms with Gasteiger partial charge in [-0.1, -0.05) is 11.6 Å². The Morgan fingerprint density at radius 3 is 2.49 bits per heavy atom. The number of hydrogen-bond acceptors (Lipinski definition) is 6. The van der Waals surface area contributed by atoms with Crippen molar-refractivity contribution in [2.45, 2.75) is 45.7 Å². The van der Waals surface area contributed by atoms with Gasteiger partial charge in [-0.15, -0.1) is 0 Å². The second-order valence-electron chi connectivity index (χ2n) is 9.05. The molecule has 1 fully saturated rings. The minimum absolute atomic E-state index is 0.0501. The van der Waals surface area contributed by atoms with E-state index in [4.69, 9.17) is 14.5 Å². The van der Waals surface area contributed by atoms with Crippen LogP contribution in [0.5, 0.6) is 11.5 Å². The van der Waals surface area contributed by atoms with Crippen molar-refractivity contribution in [1.82, 2.24) is 29.4 Å². The van der Waals surface area contributed by atoms with Crippen molar-refractivity contribution >= 4 is 16.9 Å². The molecule has 0 unspecified atom stereocenters. The fraction of sp³-hybridized carbons (Fsp3) is 0.385. The van der Waals surface area contributed by atoms with Crippen molar-refractivity contribution in [3.8, 4) is 17.2 Å². The number of fused-ring (bicyclic) bond motifs is 1. The van der Waals surface area contributed by atoms with Crippen LogP contribution in [0.2, 0.25) is 0 Å². The van der Waals surface area contributed by atoms with E-state index in [1.807, 2.05) is 42.2 Å². The number of likely N-dealkylation sites (tertiary alicyclic amines) is 1. The Balaban J connectivity index is 1.63. The molecule has 5 rings (SSSR count). The largest absolute Gasteiger partial charge is 0.493 e. The SMILES string of the molecule is CCn1c([C@]2(C)CCCN2C(=O)c2cc(C)ccc2-n2nccn2)nc2cc(OC)c(OC)cc21. The summed E-state index contributed by atoms with van der Waals surface area (Å²) in [5.41, 5.74) is 3.44. The maximum atomic E-state index is 14.1. The lowest BCUT2D eigenvalue weighted by atomic mass is 9.96. The van der Waals surface area contributed by atoms with Gasteiger partial charge in [0, 0.05) is 25.2 Å². The first-order valence-corrected chi connectivity index (χ1v) is 11.8. The molecule has 3 heterocycles. The quantitative estimate of drug-likeness (QED) is 0.418. The van der Waals surface area contributed by atoms with E-state index in [9.17, 15) is 4.79 Å². The number of amides is 1. The first-order chi connectivity index (χ1) is 16.9. The maximum Gasteiger partial charge on any atom is 0.256 e. The van der Waals surface area contributed by atoms with E-state index in [0.717, 1.165) is 35.3 Å². The highest BCUT2D eigenvalue weighted by Crippen LogP contribution is 2.42. The van der Waals surface area contributed by atoms with Gasteiger partial charge in [0.1, 0.15) is 5.82 Å². The molecule has 0 bridgehead atoms. The number of nitrogens with zero attached hydrogens (tertiary/aromatic N) is 6. The van der Waals surface area contributed by atoms with E-state index >= 15 is 0 Å². The Bertz CT molecular complexity index is 1390. The first-order valence-electron chi connectivity index (χ1n) is 11.8. The number of carbonyl (C=O) groups is 1. The molecule has 1 aliphatic heterocycles. The van der Waals surface area contributed by atoms with E-state index in [0.29, 0.717) is 35.8 Å². The average Bonchev–Trinajstić information content (AvgIpc) is 3.61.